The average molecular weight is 355 g/mol. The van der Waals surface area contributed by atoms with Gasteiger partial charge in [0.2, 0.25) is 11.7 Å². The van der Waals surface area contributed by atoms with Gasteiger partial charge in [-0.15, -0.1) is 0 Å². The molecule has 2 saturated heterocycles. The van der Waals surface area contributed by atoms with Crippen molar-refractivity contribution in [2.45, 2.75) is 45.2 Å². The van der Waals surface area contributed by atoms with Gasteiger partial charge in [0.1, 0.15) is 0 Å². The summed E-state index contributed by atoms with van der Waals surface area (Å²) in [5.41, 5.74) is 1.57. The van der Waals surface area contributed by atoms with Crippen LogP contribution in [0.5, 0.6) is 0 Å². The summed E-state index contributed by atoms with van der Waals surface area (Å²) in [6.07, 6.45) is 3.40. The van der Waals surface area contributed by atoms with Crippen LogP contribution in [0.25, 0.3) is 11.4 Å². The molecule has 2 aromatic rings. The van der Waals surface area contributed by atoms with E-state index in [4.69, 9.17) is 4.52 Å². The zero-order valence-corrected chi connectivity index (χ0v) is 15.3. The Morgan fingerprint density at radius 3 is 3.04 bits per heavy atom. The van der Waals surface area contributed by atoms with E-state index in [1.165, 1.54) is 19.4 Å². The molecule has 2 amide bonds. The summed E-state index contributed by atoms with van der Waals surface area (Å²) < 4.78 is 5.04. The largest absolute Gasteiger partial charge is 0.339 e. The highest BCUT2D eigenvalue weighted by atomic mass is 16.5. The number of anilines is 1. The summed E-state index contributed by atoms with van der Waals surface area (Å²) in [6.45, 7) is 6.88. The SMILES string of the molecule is CC[C@H]1CN2CCC[C@@H]2CN1C(=O)Nc1cccc(-c2noc(C)n2)c1. The Kier molecular flexibility index (Phi) is 4.63. The van der Waals surface area contributed by atoms with Crippen molar-refractivity contribution in [3.63, 3.8) is 0 Å². The first-order valence-corrected chi connectivity index (χ1v) is 9.36. The molecule has 0 radical (unpaired) electrons. The smallest absolute Gasteiger partial charge is 0.322 e. The number of amides is 2. The molecule has 26 heavy (non-hydrogen) atoms. The molecule has 1 aromatic heterocycles. The summed E-state index contributed by atoms with van der Waals surface area (Å²) in [6, 6.07) is 8.33. The van der Waals surface area contributed by atoms with Crippen molar-refractivity contribution >= 4 is 11.7 Å². The van der Waals surface area contributed by atoms with E-state index in [1.807, 2.05) is 29.2 Å². The Labute approximate surface area is 153 Å². The molecule has 0 aliphatic carbocycles. The van der Waals surface area contributed by atoms with Gasteiger partial charge < -0.3 is 14.7 Å². The van der Waals surface area contributed by atoms with Crippen molar-refractivity contribution in [2.24, 2.45) is 0 Å². The van der Waals surface area contributed by atoms with Crippen molar-refractivity contribution in [2.75, 3.05) is 25.0 Å². The van der Waals surface area contributed by atoms with Crippen LogP contribution in [0.3, 0.4) is 0 Å². The monoisotopic (exact) mass is 355 g/mol. The molecule has 2 aliphatic rings. The fraction of sp³-hybridized carbons (Fsp3) is 0.526. The van der Waals surface area contributed by atoms with E-state index >= 15 is 0 Å². The van der Waals surface area contributed by atoms with E-state index < -0.39 is 0 Å². The number of urea groups is 1. The first kappa shape index (κ1) is 17.0. The number of carbonyl (C=O) groups excluding carboxylic acids is 1. The highest BCUT2D eigenvalue weighted by Crippen LogP contribution is 2.27. The van der Waals surface area contributed by atoms with Crippen LogP contribution < -0.4 is 5.32 Å². The second-order valence-corrected chi connectivity index (χ2v) is 7.15. The van der Waals surface area contributed by atoms with Crippen LogP contribution in [-0.2, 0) is 0 Å². The lowest BCUT2D eigenvalue weighted by Crippen LogP contribution is -2.58. The van der Waals surface area contributed by atoms with E-state index in [-0.39, 0.29) is 12.1 Å². The summed E-state index contributed by atoms with van der Waals surface area (Å²) in [4.78, 5) is 21.7. The summed E-state index contributed by atoms with van der Waals surface area (Å²) in [5.74, 6) is 1.05. The maximum Gasteiger partial charge on any atom is 0.322 e. The van der Waals surface area contributed by atoms with Crippen LogP contribution in [0, 0.1) is 6.92 Å². The lowest BCUT2D eigenvalue weighted by atomic mass is 10.1. The molecule has 2 fully saturated rings. The molecule has 4 rings (SSSR count). The fourth-order valence-corrected chi connectivity index (χ4v) is 4.03. The zero-order valence-electron chi connectivity index (χ0n) is 15.3. The predicted octanol–water partition coefficient (Wildman–Crippen LogP) is 3.14. The van der Waals surface area contributed by atoms with Crippen LogP contribution in [0.1, 0.15) is 32.1 Å². The number of aryl methyl sites for hydroxylation is 1. The predicted molar refractivity (Wildman–Crippen MR) is 98.9 cm³/mol. The highest BCUT2D eigenvalue weighted by Gasteiger charge is 2.37. The highest BCUT2D eigenvalue weighted by molar-refractivity contribution is 5.90. The number of nitrogens with zero attached hydrogens (tertiary/aromatic N) is 4. The second-order valence-electron chi connectivity index (χ2n) is 7.15. The molecule has 3 heterocycles. The van der Waals surface area contributed by atoms with Gasteiger partial charge in [-0.25, -0.2) is 4.79 Å². The van der Waals surface area contributed by atoms with Crippen molar-refractivity contribution < 1.29 is 9.32 Å². The number of benzene rings is 1. The number of nitrogens with one attached hydrogen (secondary N) is 1. The Morgan fingerprint density at radius 2 is 2.27 bits per heavy atom. The molecular formula is C19H25N5O2. The van der Waals surface area contributed by atoms with Gasteiger partial charge in [-0.1, -0.05) is 24.2 Å². The van der Waals surface area contributed by atoms with E-state index in [0.29, 0.717) is 17.8 Å². The van der Waals surface area contributed by atoms with Gasteiger partial charge in [0.05, 0.1) is 0 Å². The minimum Gasteiger partial charge on any atom is -0.339 e. The summed E-state index contributed by atoms with van der Waals surface area (Å²) >= 11 is 0. The Hall–Kier alpha value is -2.41. The van der Waals surface area contributed by atoms with E-state index in [9.17, 15) is 4.79 Å². The summed E-state index contributed by atoms with van der Waals surface area (Å²) in [5, 5.41) is 7.00. The molecule has 7 nitrogen and oxygen atoms in total. The number of hydrogen-bond donors (Lipinski definition) is 1. The molecule has 1 N–H and O–H groups in total. The molecular weight excluding hydrogens is 330 g/mol. The zero-order chi connectivity index (χ0) is 18.1. The first-order chi connectivity index (χ1) is 12.6. The molecule has 2 atom stereocenters. The number of carbonyl (C=O) groups is 1. The van der Waals surface area contributed by atoms with Crippen molar-refractivity contribution in [3.8, 4) is 11.4 Å². The van der Waals surface area contributed by atoms with Crippen LogP contribution in [0.15, 0.2) is 28.8 Å². The molecule has 0 saturated carbocycles. The van der Waals surface area contributed by atoms with E-state index in [0.717, 1.165) is 30.8 Å². The Balaban J connectivity index is 1.49. The van der Waals surface area contributed by atoms with Crippen LogP contribution >= 0.6 is 0 Å². The maximum atomic E-state index is 12.9. The van der Waals surface area contributed by atoms with Crippen molar-refractivity contribution in [1.82, 2.24) is 19.9 Å². The average Bonchev–Trinajstić information content (AvgIpc) is 3.29. The van der Waals surface area contributed by atoms with Crippen LogP contribution in [-0.4, -0.2) is 57.7 Å². The first-order valence-electron chi connectivity index (χ1n) is 9.36. The molecule has 7 heteroatoms. The third-order valence-electron chi connectivity index (χ3n) is 5.42. The van der Waals surface area contributed by atoms with Crippen LogP contribution in [0.4, 0.5) is 10.5 Å². The van der Waals surface area contributed by atoms with Gasteiger partial charge in [0, 0.05) is 43.3 Å². The van der Waals surface area contributed by atoms with Crippen molar-refractivity contribution in [1.29, 1.82) is 0 Å². The van der Waals surface area contributed by atoms with Gasteiger partial charge in [-0.3, -0.25) is 4.90 Å². The van der Waals surface area contributed by atoms with Gasteiger partial charge in [-0.05, 0) is 37.9 Å². The lowest BCUT2D eigenvalue weighted by Gasteiger charge is -2.43. The number of hydrogen-bond acceptors (Lipinski definition) is 5. The third-order valence-corrected chi connectivity index (χ3v) is 5.42. The van der Waals surface area contributed by atoms with Gasteiger partial charge in [-0.2, -0.15) is 4.98 Å². The van der Waals surface area contributed by atoms with Gasteiger partial charge in [0.15, 0.2) is 0 Å². The number of piperazine rings is 1. The minimum atomic E-state index is -0.0233. The number of rotatable bonds is 3. The van der Waals surface area contributed by atoms with Crippen LogP contribution in [0.2, 0.25) is 0 Å². The van der Waals surface area contributed by atoms with Gasteiger partial charge >= 0.3 is 6.03 Å². The Bertz CT molecular complexity index is 790. The third kappa shape index (κ3) is 3.31. The fourth-order valence-electron chi connectivity index (χ4n) is 4.03. The normalized spacial score (nSPS) is 23.1. The molecule has 0 bridgehead atoms. The molecule has 1 aromatic carbocycles. The molecule has 0 spiro atoms. The second kappa shape index (κ2) is 7.07. The number of fused-ring (bicyclic) bond motifs is 1. The maximum absolute atomic E-state index is 12.9. The van der Waals surface area contributed by atoms with E-state index in [1.54, 1.807) is 6.92 Å². The van der Waals surface area contributed by atoms with E-state index in [2.05, 4.69) is 27.3 Å². The Morgan fingerprint density at radius 1 is 1.38 bits per heavy atom. The molecule has 138 valence electrons. The number of aromatic nitrogens is 2. The van der Waals surface area contributed by atoms with Crippen molar-refractivity contribution in [3.05, 3.63) is 30.2 Å². The summed E-state index contributed by atoms with van der Waals surface area (Å²) in [7, 11) is 0. The lowest BCUT2D eigenvalue weighted by molar-refractivity contribution is 0.0767. The minimum absolute atomic E-state index is 0.0233. The molecule has 2 aliphatic heterocycles. The standard InChI is InChI=1S/C19H25N5O2/c1-3-16-11-23-9-5-8-17(23)12-24(16)19(25)21-15-7-4-6-14(10-15)18-20-13(2)26-22-18/h4,6-7,10,16-17H,3,5,8-9,11-12H2,1-2H3,(H,21,25)/t16-,17+/m0/s1. The topological polar surface area (TPSA) is 74.5 Å². The molecule has 0 unspecified atom stereocenters. The van der Waals surface area contributed by atoms with Gasteiger partial charge in [0.25, 0.3) is 0 Å². The quantitative estimate of drug-likeness (QED) is 0.915.